The maximum atomic E-state index is 13.7. The van der Waals surface area contributed by atoms with E-state index in [9.17, 15) is 44.4 Å². The van der Waals surface area contributed by atoms with Gasteiger partial charge in [0.1, 0.15) is 0 Å². The van der Waals surface area contributed by atoms with Gasteiger partial charge in [-0.15, -0.1) is 0 Å². The second-order valence-electron chi connectivity index (χ2n) is 14.7. The molecule has 14 nitrogen and oxygen atoms in total. The van der Waals surface area contributed by atoms with Gasteiger partial charge in [-0.25, -0.2) is 0 Å². The molecule has 308 valence electrons. The Hall–Kier alpha value is -2.81. The number of nitrogens with zero attached hydrogens (tertiary/aromatic N) is 5. The smallest absolute Gasteiger partial charge is 0.222 e. The summed E-state index contributed by atoms with van der Waals surface area (Å²) in [4.78, 5) is 68.9. The summed E-state index contributed by atoms with van der Waals surface area (Å²) < 4.78 is 0. The lowest BCUT2D eigenvalue weighted by Crippen LogP contribution is -2.55. The van der Waals surface area contributed by atoms with Crippen molar-refractivity contribution in [2.45, 2.75) is 135 Å². The largest absolute Gasteiger partial charge is 0.549 e. The molecule has 0 aromatic rings. The summed E-state index contributed by atoms with van der Waals surface area (Å²) in [6.45, 7) is 5.43. The maximum absolute atomic E-state index is 13.7. The first-order valence-corrected chi connectivity index (χ1v) is 20.5. The van der Waals surface area contributed by atoms with Crippen molar-refractivity contribution in [2.24, 2.45) is 0 Å². The lowest BCUT2D eigenvalue weighted by Gasteiger charge is -2.38. The third-order valence-electron chi connectivity index (χ3n) is 10.2. The molecule has 1 amide bonds. The number of carboxylic acids is 4. The van der Waals surface area contributed by atoms with Gasteiger partial charge in [0, 0.05) is 97.5 Å². The van der Waals surface area contributed by atoms with Crippen LogP contribution in [0.4, 0.5) is 0 Å². The van der Waals surface area contributed by atoms with Gasteiger partial charge in [-0.05, 0) is 19.3 Å². The monoisotopic (exact) mass is 752 g/mol. The number of hydrogen-bond acceptors (Lipinski definition) is 13. The molecule has 1 saturated heterocycles. The van der Waals surface area contributed by atoms with Crippen molar-refractivity contribution in [3.05, 3.63) is 0 Å². The molecule has 0 aromatic carbocycles. The summed E-state index contributed by atoms with van der Waals surface area (Å²) in [5.41, 5.74) is 0. The van der Waals surface area contributed by atoms with Crippen LogP contribution in [0, 0.1) is 0 Å². The van der Waals surface area contributed by atoms with E-state index in [1.165, 1.54) is 64.2 Å². The van der Waals surface area contributed by atoms with E-state index in [-0.39, 0.29) is 71.1 Å². The Bertz CT molecular complexity index is 981. The van der Waals surface area contributed by atoms with Crippen LogP contribution in [0.3, 0.4) is 0 Å². The number of amides is 1. The van der Waals surface area contributed by atoms with Gasteiger partial charge >= 0.3 is 0 Å². The number of carbonyl (C=O) groups is 5. The van der Waals surface area contributed by atoms with Crippen LogP contribution in [0.15, 0.2) is 0 Å². The summed E-state index contributed by atoms with van der Waals surface area (Å²) >= 11 is 0. The standard InChI is InChI=1S/C39H73N5O9/c1-3-5-7-9-11-13-15-17-21-44(22-18-16-14-12-10-8-6-4-2)35(45)20-19-34(39(52)53)43-29-27-41(32-37(48)49)25-23-40(31-36(46)47)24-26-42(28-30-43)33-38(50)51/h34H,3-33H2,1-2H3,(H,46,47)(H,48,49)(H,50,51)(H,52,53)/p-4. The fourth-order valence-corrected chi connectivity index (χ4v) is 6.99. The Labute approximate surface area is 318 Å². The predicted octanol–water partition coefficient (Wildman–Crippen LogP) is -0.534. The maximum Gasteiger partial charge on any atom is 0.222 e. The summed E-state index contributed by atoms with van der Waals surface area (Å²) in [6.07, 6.45) is 18.4. The predicted molar refractivity (Wildman–Crippen MR) is 196 cm³/mol. The molecule has 1 heterocycles. The van der Waals surface area contributed by atoms with Gasteiger partial charge in [0.15, 0.2) is 0 Å². The molecule has 1 unspecified atom stereocenters. The van der Waals surface area contributed by atoms with Gasteiger partial charge in [-0.3, -0.25) is 24.4 Å². The van der Waals surface area contributed by atoms with E-state index in [2.05, 4.69) is 13.8 Å². The van der Waals surface area contributed by atoms with E-state index in [1.807, 2.05) is 4.90 Å². The van der Waals surface area contributed by atoms with Gasteiger partial charge < -0.3 is 44.5 Å². The molecule has 0 spiro atoms. The second-order valence-corrected chi connectivity index (χ2v) is 14.7. The molecular weight excluding hydrogens is 682 g/mol. The molecule has 0 N–H and O–H groups in total. The number of carbonyl (C=O) groups excluding carboxylic acids is 5. The minimum atomic E-state index is -1.36. The molecule has 14 heteroatoms. The van der Waals surface area contributed by atoms with E-state index >= 15 is 0 Å². The van der Waals surface area contributed by atoms with Crippen LogP contribution in [0.1, 0.15) is 129 Å². The van der Waals surface area contributed by atoms with E-state index in [4.69, 9.17) is 0 Å². The molecule has 1 aliphatic rings. The van der Waals surface area contributed by atoms with Crippen molar-refractivity contribution < 1.29 is 44.4 Å². The first kappa shape index (κ1) is 48.2. The molecule has 0 aliphatic carbocycles. The van der Waals surface area contributed by atoms with Crippen molar-refractivity contribution in [1.82, 2.24) is 24.5 Å². The lowest BCUT2D eigenvalue weighted by molar-refractivity contribution is -0.313. The van der Waals surface area contributed by atoms with E-state index < -0.39 is 49.6 Å². The van der Waals surface area contributed by atoms with E-state index in [0.717, 1.165) is 38.5 Å². The quantitative estimate of drug-likeness (QED) is 0.0887. The average Bonchev–Trinajstić information content (AvgIpc) is 3.09. The fraction of sp³-hybridized carbons (Fsp3) is 0.872. The fourth-order valence-electron chi connectivity index (χ4n) is 6.99. The normalized spacial score (nSPS) is 16.4. The molecule has 1 aliphatic heterocycles. The van der Waals surface area contributed by atoms with Crippen molar-refractivity contribution in [3.63, 3.8) is 0 Å². The molecule has 1 fully saturated rings. The van der Waals surface area contributed by atoms with Gasteiger partial charge in [0.25, 0.3) is 0 Å². The number of hydrogen-bond donors (Lipinski definition) is 0. The lowest BCUT2D eigenvalue weighted by atomic mass is 10.1. The van der Waals surface area contributed by atoms with Crippen molar-refractivity contribution in [2.75, 3.05) is 85.1 Å². The van der Waals surface area contributed by atoms with E-state index in [0.29, 0.717) is 13.1 Å². The third kappa shape index (κ3) is 25.0. The second kappa shape index (κ2) is 30.5. The Morgan fingerprint density at radius 1 is 0.491 bits per heavy atom. The highest BCUT2D eigenvalue weighted by molar-refractivity contribution is 5.78. The van der Waals surface area contributed by atoms with Crippen LogP contribution in [-0.2, 0) is 24.0 Å². The zero-order chi connectivity index (χ0) is 39.3. The highest BCUT2D eigenvalue weighted by Gasteiger charge is 2.25. The minimum Gasteiger partial charge on any atom is -0.549 e. The van der Waals surface area contributed by atoms with Crippen molar-refractivity contribution in [1.29, 1.82) is 0 Å². The number of carboxylic acid groups (broad SMARTS) is 4. The zero-order valence-electron chi connectivity index (χ0n) is 32.9. The molecular formula is C39H69N5O9-4. The zero-order valence-corrected chi connectivity index (χ0v) is 32.9. The molecule has 1 atom stereocenters. The molecule has 0 bridgehead atoms. The van der Waals surface area contributed by atoms with Gasteiger partial charge in [-0.1, -0.05) is 104 Å². The van der Waals surface area contributed by atoms with Crippen LogP contribution >= 0.6 is 0 Å². The number of rotatable bonds is 29. The summed E-state index contributed by atoms with van der Waals surface area (Å²) in [7, 11) is 0. The van der Waals surface area contributed by atoms with Crippen LogP contribution in [0.2, 0.25) is 0 Å². The molecule has 1 rings (SSSR count). The summed E-state index contributed by atoms with van der Waals surface area (Å²) in [5.74, 6) is -5.43. The number of aliphatic carboxylic acids is 4. The van der Waals surface area contributed by atoms with Crippen LogP contribution in [-0.4, -0.2) is 145 Å². The van der Waals surface area contributed by atoms with Crippen LogP contribution < -0.4 is 20.4 Å². The van der Waals surface area contributed by atoms with Gasteiger partial charge in [-0.2, -0.15) is 0 Å². The minimum absolute atomic E-state index is 0.00683. The molecule has 0 aromatic heterocycles. The number of unbranched alkanes of at least 4 members (excludes halogenated alkanes) is 14. The van der Waals surface area contributed by atoms with Crippen LogP contribution in [0.25, 0.3) is 0 Å². The van der Waals surface area contributed by atoms with Gasteiger partial charge in [0.05, 0.1) is 23.9 Å². The Balaban J connectivity index is 3.02. The summed E-state index contributed by atoms with van der Waals surface area (Å²) in [5, 5.41) is 47.1. The highest BCUT2D eigenvalue weighted by Crippen LogP contribution is 2.15. The van der Waals surface area contributed by atoms with Crippen molar-refractivity contribution >= 4 is 29.8 Å². The first-order valence-electron chi connectivity index (χ1n) is 20.5. The van der Waals surface area contributed by atoms with Crippen LogP contribution in [0.5, 0.6) is 0 Å². The Morgan fingerprint density at radius 3 is 1.13 bits per heavy atom. The molecule has 0 saturated carbocycles. The van der Waals surface area contributed by atoms with Gasteiger partial charge in [0.2, 0.25) is 5.91 Å². The average molecular weight is 752 g/mol. The highest BCUT2D eigenvalue weighted by atomic mass is 16.4. The third-order valence-corrected chi connectivity index (χ3v) is 10.2. The molecule has 0 radical (unpaired) electrons. The van der Waals surface area contributed by atoms with Crippen molar-refractivity contribution in [3.8, 4) is 0 Å². The summed E-state index contributed by atoms with van der Waals surface area (Å²) in [6, 6.07) is -1.17. The molecule has 53 heavy (non-hydrogen) atoms. The SMILES string of the molecule is CCCCCCCCCCN(CCCCCCCCCC)C(=O)CCC(C(=O)[O-])N1CCN(CC(=O)[O-])CCN(CC(=O)[O-])CCN(CC(=O)[O-])CC1. The first-order chi connectivity index (χ1) is 25.5. The van der Waals surface area contributed by atoms with E-state index in [1.54, 1.807) is 19.6 Å². The Morgan fingerprint density at radius 2 is 0.811 bits per heavy atom. The Kier molecular flexibility index (Phi) is 27.8. The topological polar surface area (TPSA) is 194 Å².